The molecule has 2 nitrogen and oxygen atoms in total. The summed E-state index contributed by atoms with van der Waals surface area (Å²) in [6, 6.07) is 92.3. The van der Waals surface area contributed by atoms with E-state index >= 15 is 0 Å². The van der Waals surface area contributed by atoms with Crippen LogP contribution in [0.15, 0.2) is 255 Å². The van der Waals surface area contributed by atoms with Crippen molar-refractivity contribution in [3.63, 3.8) is 0 Å². The van der Waals surface area contributed by atoms with Gasteiger partial charge in [-0.25, -0.2) is 0 Å². The van der Waals surface area contributed by atoms with Crippen LogP contribution in [0.5, 0.6) is 0 Å². The van der Waals surface area contributed by atoms with Crippen LogP contribution in [0, 0.1) is 0 Å². The Bertz CT molecular complexity index is 3320. The van der Waals surface area contributed by atoms with Crippen LogP contribution in [-0.4, -0.2) is 4.57 Å². The maximum Gasteiger partial charge on any atom is 0.0561 e. The molecule has 0 radical (unpaired) electrons. The largest absolute Gasteiger partial charge is 0.309 e. The van der Waals surface area contributed by atoms with E-state index < -0.39 is 0 Å². The summed E-state index contributed by atoms with van der Waals surface area (Å²) in [5, 5.41) is 2.44. The SMILES string of the molecule is c1ccc(-c2ccc(-c3ccccc3)c(N(c3ccc4c5ccccc5n(-c5ccccc5)c4c3)c3ccc(-c4ccccc4-c4ccccc4)cc3-c3ccccc3)c2)cc1. The summed E-state index contributed by atoms with van der Waals surface area (Å²) in [6.45, 7) is 0. The van der Waals surface area contributed by atoms with Crippen molar-refractivity contribution in [3.8, 4) is 61.3 Å². The molecule has 0 N–H and O–H groups in total. The molecule has 0 spiro atoms. The second-order valence-corrected chi connectivity index (χ2v) is 15.7. The van der Waals surface area contributed by atoms with E-state index in [9.17, 15) is 0 Å². The fourth-order valence-electron chi connectivity index (χ4n) is 9.10. The summed E-state index contributed by atoms with van der Waals surface area (Å²) in [5.41, 5.74) is 18.4. The number of para-hydroxylation sites is 2. The number of aromatic nitrogens is 1. The van der Waals surface area contributed by atoms with Crippen molar-refractivity contribution in [2.24, 2.45) is 0 Å². The van der Waals surface area contributed by atoms with E-state index in [0.717, 1.165) is 61.6 Å². The van der Waals surface area contributed by atoms with E-state index in [1.807, 2.05) is 0 Å². The van der Waals surface area contributed by atoms with Crippen molar-refractivity contribution >= 4 is 38.9 Å². The van der Waals surface area contributed by atoms with E-state index in [0.29, 0.717) is 0 Å². The van der Waals surface area contributed by atoms with Gasteiger partial charge in [-0.05, 0) is 93.0 Å². The number of rotatable bonds is 9. The van der Waals surface area contributed by atoms with Gasteiger partial charge in [0, 0.05) is 33.3 Å². The lowest BCUT2D eigenvalue weighted by molar-refractivity contribution is 1.18. The summed E-state index contributed by atoms with van der Waals surface area (Å²) in [7, 11) is 0. The first-order valence-corrected chi connectivity index (χ1v) is 21.3. The van der Waals surface area contributed by atoms with E-state index in [-0.39, 0.29) is 0 Å². The lowest BCUT2D eigenvalue weighted by Crippen LogP contribution is -2.13. The normalized spacial score (nSPS) is 11.2. The molecule has 11 aromatic rings. The van der Waals surface area contributed by atoms with Crippen LogP contribution in [0.2, 0.25) is 0 Å². The molecule has 0 bridgehead atoms. The van der Waals surface area contributed by atoms with Gasteiger partial charge in [0.25, 0.3) is 0 Å². The van der Waals surface area contributed by atoms with Crippen molar-refractivity contribution in [2.45, 2.75) is 0 Å². The lowest BCUT2D eigenvalue weighted by Gasteiger charge is -2.31. The third-order valence-electron chi connectivity index (χ3n) is 12.0. The second-order valence-electron chi connectivity index (χ2n) is 15.7. The van der Waals surface area contributed by atoms with Gasteiger partial charge in [-0.2, -0.15) is 0 Å². The first-order valence-electron chi connectivity index (χ1n) is 21.3. The molecule has 1 aromatic heterocycles. The van der Waals surface area contributed by atoms with Gasteiger partial charge < -0.3 is 9.47 Å². The summed E-state index contributed by atoms with van der Waals surface area (Å²) < 4.78 is 2.41. The Morgan fingerprint density at radius 2 is 0.758 bits per heavy atom. The molecule has 0 amide bonds. The third-order valence-corrected chi connectivity index (χ3v) is 12.0. The predicted molar refractivity (Wildman–Crippen MR) is 263 cm³/mol. The average molecular weight is 791 g/mol. The summed E-state index contributed by atoms with van der Waals surface area (Å²) in [6.07, 6.45) is 0. The van der Waals surface area contributed by atoms with E-state index in [1.165, 1.54) is 38.5 Å². The molecule has 0 aliphatic rings. The predicted octanol–water partition coefficient (Wildman–Crippen LogP) is 16.6. The molecular formula is C60H42N2. The molecule has 0 atom stereocenters. The van der Waals surface area contributed by atoms with Crippen LogP contribution in [0.3, 0.4) is 0 Å². The van der Waals surface area contributed by atoms with Crippen molar-refractivity contribution in [1.82, 2.24) is 4.57 Å². The molecule has 2 heteroatoms. The number of nitrogens with zero attached hydrogens (tertiary/aromatic N) is 2. The van der Waals surface area contributed by atoms with Gasteiger partial charge in [0.2, 0.25) is 0 Å². The number of anilines is 3. The fraction of sp³-hybridized carbons (Fsp3) is 0. The Hall–Kier alpha value is -8.20. The van der Waals surface area contributed by atoms with E-state index in [2.05, 4.69) is 264 Å². The summed E-state index contributed by atoms with van der Waals surface area (Å²) >= 11 is 0. The minimum atomic E-state index is 1.06. The molecule has 0 saturated heterocycles. The smallest absolute Gasteiger partial charge is 0.0561 e. The number of benzene rings is 10. The Morgan fingerprint density at radius 3 is 1.42 bits per heavy atom. The minimum Gasteiger partial charge on any atom is -0.309 e. The maximum absolute atomic E-state index is 2.50. The van der Waals surface area contributed by atoms with Crippen LogP contribution in [0.4, 0.5) is 17.1 Å². The van der Waals surface area contributed by atoms with Crippen molar-refractivity contribution in [3.05, 3.63) is 255 Å². The number of hydrogen-bond donors (Lipinski definition) is 0. The van der Waals surface area contributed by atoms with E-state index in [4.69, 9.17) is 0 Å². The molecule has 0 fully saturated rings. The first kappa shape index (κ1) is 36.8. The zero-order valence-electron chi connectivity index (χ0n) is 34.1. The first-order chi connectivity index (χ1) is 30.8. The number of fused-ring (bicyclic) bond motifs is 3. The molecule has 0 saturated carbocycles. The van der Waals surface area contributed by atoms with Crippen LogP contribution in [-0.2, 0) is 0 Å². The molecular weight excluding hydrogens is 749 g/mol. The number of hydrogen-bond acceptors (Lipinski definition) is 1. The molecule has 0 aliphatic heterocycles. The lowest BCUT2D eigenvalue weighted by atomic mass is 9.91. The van der Waals surface area contributed by atoms with Gasteiger partial charge >= 0.3 is 0 Å². The average Bonchev–Trinajstić information content (AvgIpc) is 3.69. The second kappa shape index (κ2) is 16.1. The van der Waals surface area contributed by atoms with Gasteiger partial charge in [0.15, 0.2) is 0 Å². The highest BCUT2D eigenvalue weighted by Gasteiger charge is 2.24. The van der Waals surface area contributed by atoms with Crippen molar-refractivity contribution < 1.29 is 0 Å². The summed E-state index contributed by atoms with van der Waals surface area (Å²) in [5.74, 6) is 0. The van der Waals surface area contributed by atoms with Gasteiger partial charge in [0.05, 0.1) is 22.4 Å². The molecule has 292 valence electrons. The standard InChI is InChI=1S/C60H42N2/c1-6-20-43(21-7-1)47-34-37-53(45-24-10-3-11-25-45)59(41-47)62(50-36-38-55-54-32-18-19-33-57(54)61(60(55)42-50)49-28-14-5-15-29-49)58-39-35-48(40-56(58)46-26-12-4-13-27-46)52-31-17-16-30-51(52)44-22-8-2-9-23-44/h1-42H. The van der Waals surface area contributed by atoms with Crippen LogP contribution >= 0.6 is 0 Å². The van der Waals surface area contributed by atoms with Crippen LogP contribution in [0.1, 0.15) is 0 Å². The highest BCUT2D eigenvalue weighted by Crippen LogP contribution is 2.48. The van der Waals surface area contributed by atoms with Crippen LogP contribution < -0.4 is 4.90 Å². The van der Waals surface area contributed by atoms with Gasteiger partial charge in [-0.1, -0.05) is 206 Å². The van der Waals surface area contributed by atoms with E-state index in [1.54, 1.807) is 0 Å². The van der Waals surface area contributed by atoms with Crippen LogP contribution in [0.25, 0.3) is 83.1 Å². The maximum atomic E-state index is 2.50. The quantitative estimate of drug-likeness (QED) is 0.141. The Kier molecular flexibility index (Phi) is 9.57. The molecule has 0 unspecified atom stereocenters. The highest BCUT2D eigenvalue weighted by molar-refractivity contribution is 6.11. The molecule has 62 heavy (non-hydrogen) atoms. The Labute approximate surface area is 362 Å². The van der Waals surface area contributed by atoms with Gasteiger partial charge in [-0.15, -0.1) is 0 Å². The Morgan fingerprint density at radius 1 is 0.258 bits per heavy atom. The summed E-state index contributed by atoms with van der Waals surface area (Å²) in [4.78, 5) is 2.50. The van der Waals surface area contributed by atoms with Crippen molar-refractivity contribution in [1.29, 1.82) is 0 Å². The zero-order valence-corrected chi connectivity index (χ0v) is 34.1. The topological polar surface area (TPSA) is 8.17 Å². The molecule has 0 aliphatic carbocycles. The third kappa shape index (κ3) is 6.74. The molecule has 11 rings (SSSR count). The monoisotopic (exact) mass is 790 g/mol. The van der Waals surface area contributed by atoms with Crippen molar-refractivity contribution in [2.75, 3.05) is 4.90 Å². The molecule has 10 aromatic carbocycles. The van der Waals surface area contributed by atoms with Gasteiger partial charge in [-0.3, -0.25) is 0 Å². The highest BCUT2D eigenvalue weighted by atomic mass is 15.1. The Balaban J connectivity index is 1.23. The fourth-order valence-corrected chi connectivity index (χ4v) is 9.10. The van der Waals surface area contributed by atoms with Gasteiger partial charge in [0.1, 0.15) is 0 Å². The molecule has 1 heterocycles. The zero-order chi connectivity index (χ0) is 41.2. The minimum absolute atomic E-state index is 1.06.